The molecule has 0 bridgehead atoms. The van der Waals surface area contributed by atoms with Crippen LogP contribution in [0.15, 0.2) is 12.4 Å². The summed E-state index contributed by atoms with van der Waals surface area (Å²) in [6, 6.07) is 0. The van der Waals surface area contributed by atoms with E-state index in [0.717, 1.165) is 31.4 Å². The molecule has 1 aromatic heterocycles. The Bertz CT molecular complexity index is 375. The zero-order valence-electron chi connectivity index (χ0n) is 12.8. The van der Waals surface area contributed by atoms with Crippen molar-refractivity contribution in [3.63, 3.8) is 0 Å². The van der Waals surface area contributed by atoms with Gasteiger partial charge >= 0.3 is 0 Å². The molecule has 0 aliphatic heterocycles. The molecule has 1 aliphatic rings. The molecule has 1 N–H and O–H groups in total. The maximum atomic E-state index is 4.46. The summed E-state index contributed by atoms with van der Waals surface area (Å²) in [5, 5.41) is 3.44. The van der Waals surface area contributed by atoms with Gasteiger partial charge in [-0.1, -0.05) is 33.6 Å². The van der Waals surface area contributed by atoms with Crippen molar-refractivity contribution in [2.45, 2.75) is 65.8 Å². The first kappa shape index (κ1) is 14.4. The molecule has 108 valence electrons. The molecule has 1 saturated carbocycles. The third-order valence-corrected chi connectivity index (χ3v) is 4.26. The fourth-order valence-electron chi connectivity index (χ4n) is 3.62. The Labute approximate surface area is 117 Å². The molecule has 3 heteroatoms. The van der Waals surface area contributed by atoms with E-state index >= 15 is 0 Å². The Morgan fingerprint density at radius 3 is 2.74 bits per heavy atom. The van der Waals surface area contributed by atoms with Gasteiger partial charge in [0.1, 0.15) is 0 Å². The van der Waals surface area contributed by atoms with Crippen molar-refractivity contribution < 1.29 is 0 Å². The standard InChI is InChI=1S/C16H29N3/c1-4-9-17-15-18-10-11-19(15)13-16(12-14(2)3)7-5-6-8-16/h10-11,14H,4-9,12-13H2,1-3H3,(H,17,18). The quantitative estimate of drug-likeness (QED) is 0.794. The van der Waals surface area contributed by atoms with Crippen molar-refractivity contribution in [2.24, 2.45) is 11.3 Å². The summed E-state index contributed by atoms with van der Waals surface area (Å²) < 4.78 is 2.34. The minimum atomic E-state index is 0.511. The van der Waals surface area contributed by atoms with Crippen molar-refractivity contribution in [3.8, 4) is 0 Å². The van der Waals surface area contributed by atoms with Crippen LogP contribution in [0.3, 0.4) is 0 Å². The second-order valence-corrected chi connectivity index (χ2v) is 6.61. The van der Waals surface area contributed by atoms with Crippen LogP contribution in [0.4, 0.5) is 5.95 Å². The van der Waals surface area contributed by atoms with Crippen LogP contribution in [-0.4, -0.2) is 16.1 Å². The van der Waals surface area contributed by atoms with Crippen LogP contribution in [0, 0.1) is 11.3 Å². The van der Waals surface area contributed by atoms with E-state index in [4.69, 9.17) is 0 Å². The smallest absolute Gasteiger partial charge is 0.202 e. The van der Waals surface area contributed by atoms with E-state index in [9.17, 15) is 0 Å². The van der Waals surface area contributed by atoms with Crippen LogP contribution >= 0.6 is 0 Å². The van der Waals surface area contributed by atoms with Crippen molar-refractivity contribution in [1.82, 2.24) is 9.55 Å². The van der Waals surface area contributed by atoms with Gasteiger partial charge in [0, 0.05) is 25.5 Å². The van der Waals surface area contributed by atoms with Crippen LogP contribution in [0.1, 0.15) is 59.3 Å². The predicted molar refractivity (Wildman–Crippen MR) is 81.4 cm³/mol. The Hall–Kier alpha value is -0.990. The lowest BCUT2D eigenvalue weighted by molar-refractivity contribution is 0.198. The lowest BCUT2D eigenvalue weighted by Crippen LogP contribution is -2.26. The van der Waals surface area contributed by atoms with E-state index in [2.05, 4.69) is 41.8 Å². The van der Waals surface area contributed by atoms with Gasteiger partial charge in [0.05, 0.1) is 0 Å². The van der Waals surface area contributed by atoms with Gasteiger partial charge in [-0.2, -0.15) is 0 Å². The molecule has 0 saturated heterocycles. The number of imidazole rings is 1. The molecular weight excluding hydrogens is 234 g/mol. The number of nitrogens with zero attached hydrogens (tertiary/aromatic N) is 2. The zero-order valence-corrected chi connectivity index (χ0v) is 12.8. The summed E-state index contributed by atoms with van der Waals surface area (Å²) in [6.45, 7) is 9.04. The average molecular weight is 263 g/mol. The molecule has 0 amide bonds. The Morgan fingerprint density at radius 1 is 1.37 bits per heavy atom. The van der Waals surface area contributed by atoms with Gasteiger partial charge in [-0.05, 0) is 37.0 Å². The van der Waals surface area contributed by atoms with E-state index in [0.29, 0.717) is 5.41 Å². The topological polar surface area (TPSA) is 29.9 Å². The molecular formula is C16H29N3. The third kappa shape index (κ3) is 3.74. The van der Waals surface area contributed by atoms with Gasteiger partial charge in [0.2, 0.25) is 5.95 Å². The van der Waals surface area contributed by atoms with Gasteiger partial charge in [0.25, 0.3) is 0 Å². The maximum Gasteiger partial charge on any atom is 0.202 e. The average Bonchev–Trinajstić information content (AvgIpc) is 2.96. The zero-order chi connectivity index (χ0) is 13.7. The molecule has 1 fully saturated rings. The maximum absolute atomic E-state index is 4.46. The van der Waals surface area contributed by atoms with Crippen LogP contribution in [-0.2, 0) is 6.54 Å². The number of nitrogens with one attached hydrogen (secondary N) is 1. The highest BCUT2D eigenvalue weighted by molar-refractivity contribution is 5.25. The molecule has 2 rings (SSSR count). The molecule has 0 aromatic carbocycles. The van der Waals surface area contributed by atoms with E-state index < -0.39 is 0 Å². The lowest BCUT2D eigenvalue weighted by atomic mass is 9.78. The highest BCUT2D eigenvalue weighted by atomic mass is 15.2. The van der Waals surface area contributed by atoms with E-state index in [1.54, 1.807) is 0 Å². The van der Waals surface area contributed by atoms with Crippen LogP contribution in [0.5, 0.6) is 0 Å². The highest BCUT2D eigenvalue weighted by Crippen LogP contribution is 2.44. The van der Waals surface area contributed by atoms with Gasteiger partial charge in [0.15, 0.2) is 0 Å². The molecule has 0 unspecified atom stereocenters. The van der Waals surface area contributed by atoms with E-state index in [-0.39, 0.29) is 0 Å². The predicted octanol–water partition coefficient (Wildman–Crippen LogP) is 4.31. The summed E-state index contributed by atoms with van der Waals surface area (Å²) in [5.41, 5.74) is 0.511. The van der Waals surface area contributed by atoms with Crippen molar-refractivity contribution in [3.05, 3.63) is 12.4 Å². The van der Waals surface area contributed by atoms with Crippen molar-refractivity contribution >= 4 is 5.95 Å². The Balaban J connectivity index is 2.06. The lowest BCUT2D eigenvalue weighted by Gasteiger charge is -2.32. The molecule has 0 atom stereocenters. The number of aromatic nitrogens is 2. The van der Waals surface area contributed by atoms with Gasteiger partial charge in [-0.25, -0.2) is 4.98 Å². The molecule has 0 radical (unpaired) electrons. The summed E-state index contributed by atoms with van der Waals surface area (Å²) in [4.78, 5) is 4.46. The van der Waals surface area contributed by atoms with Crippen molar-refractivity contribution in [1.29, 1.82) is 0 Å². The minimum absolute atomic E-state index is 0.511. The van der Waals surface area contributed by atoms with Gasteiger partial charge < -0.3 is 9.88 Å². The first-order valence-corrected chi connectivity index (χ1v) is 7.90. The van der Waals surface area contributed by atoms with Gasteiger partial charge in [-0.15, -0.1) is 0 Å². The fourth-order valence-corrected chi connectivity index (χ4v) is 3.62. The first-order chi connectivity index (χ1) is 9.15. The third-order valence-electron chi connectivity index (χ3n) is 4.26. The molecule has 0 spiro atoms. The highest BCUT2D eigenvalue weighted by Gasteiger charge is 2.35. The van der Waals surface area contributed by atoms with Gasteiger partial charge in [-0.3, -0.25) is 0 Å². The molecule has 1 aliphatic carbocycles. The van der Waals surface area contributed by atoms with Crippen LogP contribution in [0.25, 0.3) is 0 Å². The second-order valence-electron chi connectivity index (χ2n) is 6.61. The molecule has 1 heterocycles. The Kier molecular flexibility index (Phi) is 4.89. The number of rotatable bonds is 7. The molecule has 1 aromatic rings. The second kappa shape index (κ2) is 6.44. The Morgan fingerprint density at radius 2 is 2.11 bits per heavy atom. The summed E-state index contributed by atoms with van der Waals surface area (Å²) in [5.74, 6) is 1.84. The number of hydrogen-bond acceptors (Lipinski definition) is 2. The molecule has 19 heavy (non-hydrogen) atoms. The van der Waals surface area contributed by atoms with Crippen LogP contribution < -0.4 is 5.32 Å². The SMILES string of the molecule is CCCNc1nccn1CC1(CC(C)C)CCCC1. The van der Waals surface area contributed by atoms with E-state index in [1.165, 1.54) is 32.1 Å². The van der Waals surface area contributed by atoms with Crippen LogP contribution in [0.2, 0.25) is 0 Å². The van der Waals surface area contributed by atoms with E-state index in [1.807, 2.05) is 6.20 Å². The minimum Gasteiger partial charge on any atom is -0.356 e. The monoisotopic (exact) mass is 263 g/mol. The van der Waals surface area contributed by atoms with Crippen molar-refractivity contribution in [2.75, 3.05) is 11.9 Å². The fraction of sp³-hybridized carbons (Fsp3) is 0.812. The summed E-state index contributed by atoms with van der Waals surface area (Å²) in [6.07, 6.45) is 12.1. The first-order valence-electron chi connectivity index (χ1n) is 7.90. The summed E-state index contributed by atoms with van der Waals surface area (Å²) in [7, 11) is 0. The number of anilines is 1. The molecule has 3 nitrogen and oxygen atoms in total. The summed E-state index contributed by atoms with van der Waals surface area (Å²) >= 11 is 0. The normalized spacial score (nSPS) is 18.1. The largest absolute Gasteiger partial charge is 0.356 e. The number of hydrogen-bond donors (Lipinski definition) is 1.